The predicted molar refractivity (Wildman–Crippen MR) is 136 cm³/mol. The fourth-order valence-electron chi connectivity index (χ4n) is 3.76. The number of aromatic nitrogens is 4. The lowest BCUT2D eigenvalue weighted by Gasteiger charge is -2.19. The van der Waals surface area contributed by atoms with Crippen molar-refractivity contribution in [2.45, 2.75) is 17.9 Å². The first kappa shape index (κ1) is 23.1. The third-order valence-electron chi connectivity index (χ3n) is 5.45. The monoisotopic (exact) mass is 506 g/mol. The van der Waals surface area contributed by atoms with Crippen molar-refractivity contribution in [3.05, 3.63) is 76.9 Å². The van der Waals surface area contributed by atoms with E-state index in [0.717, 1.165) is 10.6 Å². The largest absolute Gasteiger partial charge is 0.394 e. The Kier molecular flexibility index (Phi) is 6.29. The number of aryl methyl sites for hydroxylation is 1. The average molecular weight is 507 g/mol. The van der Waals surface area contributed by atoms with Crippen molar-refractivity contribution in [2.24, 2.45) is 0 Å². The third-order valence-corrected chi connectivity index (χ3v) is 8.00. The number of hydrogen-bond acceptors (Lipinski definition) is 10. The van der Waals surface area contributed by atoms with E-state index in [1.165, 1.54) is 11.3 Å². The first-order valence-corrected chi connectivity index (χ1v) is 13.3. The SMILES string of the molecule is Cc1nnc(-c2cnc(Nc3ccc4c(c3)C=CCS4(=O)=O)nc2N[C@H](CO)c2ccccc2)s1. The van der Waals surface area contributed by atoms with Gasteiger partial charge >= 0.3 is 0 Å². The number of anilines is 3. The first-order chi connectivity index (χ1) is 16.9. The molecule has 2 aromatic heterocycles. The van der Waals surface area contributed by atoms with Crippen LogP contribution in [0.1, 0.15) is 22.2 Å². The van der Waals surface area contributed by atoms with Crippen LogP contribution >= 0.6 is 11.3 Å². The summed E-state index contributed by atoms with van der Waals surface area (Å²) < 4.78 is 24.5. The minimum atomic E-state index is -3.31. The van der Waals surface area contributed by atoms with Gasteiger partial charge in [0, 0.05) is 11.9 Å². The molecule has 35 heavy (non-hydrogen) atoms. The quantitative estimate of drug-likeness (QED) is 0.340. The fourth-order valence-corrected chi connectivity index (χ4v) is 5.75. The van der Waals surface area contributed by atoms with Gasteiger partial charge in [-0.25, -0.2) is 13.4 Å². The van der Waals surface area contributed by atoms with E-state index in [2.05, 4.69) is 30.8 Å². The molecule has 4 aromatic rings. The highest BCUT2D eigenvalue weighted by molar-refractivity contribution is 7.91. The molecule has 1 aliphatic heterocycles. The molecule has 0 bridgehead atoms. The topological polar surface area (TPSA) is 130 Å². The van der Waals surface area contributed by atoms with Crippen LogP contribution in [0.25, 0.3) is 16.6 Å². The molecular weight excluding hydrogens is 484 g/mol. The summed E-state index contributed by atoms with van der Waals surface area (Å²) in [6.07, 6.45) is 5.08. The van der Waals surface area contributed by atoms with Gasteiger partial charge in [-0.2, -0.15) is 4.98 Å². The zero-order chi connectivity index (χ0) is 24.4. The number of fused-ring (bicyclic) bond motifs is 1. The van der Waals surface area contributed by atoms with Crippen molar-refractivity contribution < 1.29 is 13.5 Å². The van der Waals surface area contributed by atoms with Crippen LogP contribution in [-0.4, -0.2) is 46.0 Å². The summed E-state index contributed by atoms with van der Waals surface area (Å²) >= 11 is 1.42. The highest BCUT2D eigenvalue weighted by Crippen LogP contribution is 2.33. The lowest BCUT2D eigenvalue weighted by molar-refractivity contribution is 0.276. The van der Waals surface area contributed by atoms with Gasteiger partial charge in [-0.1, -0.05) is 53.8 Å². The van der Waals surface area contributed by atoms with Crippen LogP contribution < -0.4 is 10.6 Å². The molecule has 0 fully saturated rings. The number of hydrogen-bond donors (Lipinski definition) is 3. The van der Waals surface area contributed by atoms with Crippen LogP contribution in [0, 0.1) is 6.92 Å². The van der Waals surface area contributed by atoms with Gasteiger partial charge in [0.15, 0.2) is 14.8 Å². The van der Waals surface area contributed by atoms with Gasteiger partial charge in [0.05, 0.1) is 28.9 Å². The molecular formula is C24H22N6O3S2. The molecule has 0 saturated heterocycles. The van der Waals surface area contributed by atoms with Crippen LogP contribution in [-0.2, 0) is 9.84 Å². The number of nitrogens with zero attached hydrogens (tertiary/aromatic N) is 4. The second kappa shape index (κ2) is 9.53. The molecule has 0 radical (unpaired) electrons. The summed E-state index contributed by atoms with van der Waals surface area (Å²) in [5, 5.41) is 26.3. The zero-order valence-electron chi connectivity index (χ0n) is 18.7. The van der Waals surface area contributed by atoms with E-state index in [0.29, 0.717) is 38.5 Å². The van der Waals surface area contributed by atoms with Crippen molar-refractivity contribution in [2.75, 3.05) is 23.0 Å². The normalized spacial score (nSPS) is 14.8. The maximum atomic E-state index is 12.3. The van der Waals surface area contributed by atoms with E-state index in [4.69, 9.17) is 0 Å². The van der Waals surface area contributed by atoms with Crippen molar-refractivity contribution in [3.8, 4) is 10.6 Å². The fraction of sp³-hybridized carbons (Fsp3) is 0.167. The van der Waals surface area contributed by atoms with Crippen LogP contribution in [0.15, 0.2) is 65.7 Å². The molecule has 0 aliphatic carbocycles. The number of benzene rings is 2. The smallest absolute Gasteiger partial charge is 0.229 e. The molecule has 0 spiro atoms. The highest BCUT2D eigenvalue weighted by Gasteiger charge is 2.21. The van der Waals surface area contributed by atoms with E-state index >= 15 is 0 Å². The van der Waals surface area contributed by atoms with Gasteiger partial charge in [-0.15, -0.1) is 10.2 Å². The molecule has 0 amide bonds. The molecule has 1 aliphatic rings. The lowest BCUT2D eigenvalue weighted by atomic mass is 10.1. The van der Waals surface area contributed by atoms with E-state index < -0.39 is 15.9 Å². The molecule has 178 valence electrons. The Bertz CT molecular complexity index is 1500. The molecule has 0 unspecified atom stereocenters. The second-order valence-electron chi connectivity index (χ2n) is 7.93. The summed E-state index contributed by atoms with van der Waals surface area (Å²) in [4.78, 5) is 9.42. The van der Waals surface area contributed by atoms with Crippen molar-refractivity contribution in [1.29, 1.82) is 0 Å². The lowest BCUT2D eigenvalue weighted by Crippen LogP contribution is -2.17. The van der Waals surface area contributed by atoms with Gasteiger partial charge in [0.25, 0.3) is 0 Å². The minimum Gasteiger partial charge on any atom is -0.394 e. The van der Waals surface area contributed by atoms with Gasteiger partial charge in [-0.05, 0) is 36.2 Å². The van der Waals surface area contributed by atoms with Crippen LogP contribution in [0.4, 0.5) is 17.5 Å². The van der Waals surface area contributed by atoms with E-state index in [1.54, 1.807) is 36.5 Å². The Morgan fingerprint density at radius 3 is 2.71 bits per heavy atom. The number of aliphatic hydroxyl groups is 1. The summed E-state index contributed by atoms with van der Waals surface area (Å²) in [6, 6.07) is 14.2. The maximum absolute atomic E-state index is 12.3. The Morgan fingerprint density at radius 1 is 1.14 bits per heavy atom. The summed E-state index contributed by atoms with van der Waals surface area (Å²) in [7, 11) is -3.31. The van der Waals surface area contributed by atoms with E-state index in [9.17, 15) is 13.5 Å². The average Bonchev–Trinajstić information content (AvgIpc) is 3.29. The Hall–Kier alpha value is -3.67. The molecule has 1 atom stereocenters. The Labute approximate surface area is 206 Å². The number of sulfone groups is 1. The molecule has 2 aromatic carbocycles. The number of rotatable bonds is 7. The summed E-state index contributed by atoms with van der Waals surface area (Å²) in [5.41, 5.74) is 2.84. The first-order valence-electron chi connectivity index (χ1n) is 10.8. The highest BCUT2D eigenvalue weighted by atomic mass is 32.2. The van der Waals surface area contributed by atoms with Gasteiger partial charge in [0.1, 0.15) is 10.8 Å². The van der Waals surface area contributed by atoms with Crippen LogP contribution in [0.5, 0.6) is 0 Å². The van der Waals surface area contributed by atoms with Crippen molar-refractivity contribution in [3.63, 3.8) is 0 Å². The predicted octanol–water partition coefficient (Wildman–Crippen LogP) is 3.99. The third kappa shape index (κ3) is 4.92. The van der Waals surface area contributed by atoms with Crippen molar-refractivity contribution in [1.82, 2.24) is 20.2 Å². The molecule has 5 rings (SSSR count). The van der Waals surface area contributed by atoms with E-state index in [-0.39, 0.29) is 12.4 Å². The van der Waals surface area contributed by atoms with Crippen molar-refractivity contribution >= 4 is 44.7 Å². The zero-order valence-corrected chi connectivity index (χ0v) is 20.3. The molecule has 9 nitrogen and oxygen atoms in total. The molecule has 0 saturated carbocycles. The summed E-state index contributed by atoms with van der Waals surface area (Å²) in [6.45, 7) is 1.73. The maximum Gasteiger partial charge on any atom is 0.229 e. The standard InChI is InChI=1S/C24H22N6O3S2/c1-15-29-30-23(34-15)19-13-25-24(28-22(19)27-20(14-31)16-6-3-2-4-7-16)26-18-9-10-21-17(12-18)8-5-11-35(21,32)33/h2-10,12-13,20,31H,11,14H2,1H3,(H2,25,26,27,28)/t20-/m1/s1. The van der Waals surface area contributed by atoms with Gasteiger partial charge in [-0.3, -0.25) is 0 Å². The Balaban J connectivity index is 1.49. The minimum absolute atomic E-state index is 0.00486. The second-order valence-corrected chi connectivity index (χ2v) is 11.1. The van der Waals surface area contributed by atoms with E-state index in [1.807, 2.05) is 37.3 Å². The van der Waals surface area contributed by atoms with Gasteiger partial charge in [0.2, 0.25) is 5.95 Å². The Morgan fingerprint density at radius 2 is 1.97 bits per heavy atom. The molecule has 11 heteroatoms. The molecule has 3 heterocycles. The summed E-state index contributed by atoms with van der Waals surface area (Å²) in [5.74, 6) is 0.803. The van der Waals surface area contributed by atoms with Crippen LogP contribution in [0.2, 0.25) is 0 Å². The number of aliphatic hydroxyl groups excluding tert-OH is 1. The molecule has 3 N–H and O–H groups in total. The van der Waals surface area contributed by atoms with Gasteiger partial charge < -0.3 is 15.7 Å². The van der Waals surface area contributed by atoms with Crippen LogP contribution in [0.3, 0.4) is 0 Å². The number of nitrogens with one attached hydrogen (secondary N) is 2.